The Hall–Kier alpha value is -2.14. The molecule has 0 saturated carbocycles. The summed E-state index contributed by atoms with van der Waals surface area (Å²) in [5, 5.41) is 14.4. The summed E-state index contributed by atoms with van der Waals surface area (Å²) in [7, 11) is 0. The lowest BCUT2D eigenvalue weighted by atomic mass is 10.1. The molecule has 0 aliphatic heterocycles. The molecule has 0 saturated heterocycles. The summed E-state index contributed by atoms with van der Waals surface area (Å²) in [6.07, 6.45) is 0.633. The lowest BCUT2D eigenvalue weighted by Gasteiger charge is -2.07. The Morgan fingerprint density at radius 3 is 2.75 bits per heavy atom. The van der Waals surface area contributed by atoms with Crippen molar-refractivity contribution in [1.82, 2.24) is 0 Å². The first kappa shape index (κ1) is 14.3. The van der Waals surface area contributed by atoms with Gasteiger partial charge in [0.15, 0.2) is 0 Å². The standard InChI is InChI=1S/C14H12ClFN2O2/c15-11-3-1-2-10(8-11)6-7-17-13-9-12(16)4-5-14(13)18(19)20/h1-5,8-9,17H,6-7H2. The second-order valence-electron chi connectivity index (χ2n) is 4.23. The Labute approximate surface area is 120 Å². The third kappa shape index (κ3) is 3.68. The van der Waals surface area contributed by atoms with E-state index in [1.165, 1.54) is 0 Å². The molecule has 0 aliphatic carbocycles. The van der Waals surface area contributed by atoms with Gasteiger partial charge in [0.2, 0.25) is 0 Å². The van der Waals surface area contributed by atoms with Crippen molar-refractivity contribution in [3.05, 3.63) is 69.0 Å². The van der Waals surface area contributed by atoms with E-state index < -0.39 is 10.7 Å². The predicted molar refractivity (Wildman–Crippen MR) is 76.7 cm³/mol. The first-order valence-corrected chi connectivity index (χ1v) is 6.36. The van der Waals surface area contributed by atoms with Crippen LogP contribution in [-0.4, -0.2) is 11.5 Å². The summed E-state index contributed by atoms with van der Waals surface area (Å²) in [6, 6.07) is 10.7. The zero-order chi connectivity index (χ0) is 14.5. The second kappa shape index (κ2) is 6.34. The van der Waals surface area contributed by atoms with Gasteiger partial charge in [-0.05, 0) is 30.2 Å². The fourth-order valence-electron chi connectivity index (χ4n) is 1.84. The fraction of sp³-hybridized carbons (Fsp3) is 0.143. The lowest BCUT2D eigenvalue weighted by molar-refractivity contribution is -0.384. The van der Waals surface area contributed by atoms with E-state index in [1.54, 1.807) is 6.07 Å². The van der Waals surface area contributed by atoms with E-state index >= 15 is 0 Å². The van der Waals surface area contributed by atoms with E-state index in [2.05, 4.69) is 5.32 Å². The maximum absolute atomic E-state index is 13.1. The Bertz CT molecular complexity index is 634. The van der Waals surface area contributed by atoms with E-state index in [1.807, 2.05) is 18.2 Å². The molecule has 0 unspecified atom stereocenters. The molecule has 6 heteroatoms. The van der Waals surface area contributed by atoms with Crippen molar-refractivity contribution in [2.45, 2.75) is 6.42 Å². The highest BCUT2D eigenvalue weighted by Gasteiger charge is 2.13. The van der Waals surface area contributed by atoms with Gasteiger partial charge in [-0.1, -0.05) is 23.7 Å². The Morgan fingerprint density at radius 2 is 2.05 bits per heavy atom. The SMILES string of the molecule is O=[N+]([O-])c1ccc(F)cc1NCCc1cccc(Cl)c1. The number of nitrogens with zero attached hydrogens (tertiary/aromatic N) is 1. The van der Waals surface area contributed by atoms with Crippen LogP contribution >= 0.6 is 11.6 Å². The van der Waals surface area contributed by atoms with Crippen LogP contribution in [0.1, 0.15) is 5.56 Å². The van der Waals surface area contributed by atoms with E-state index in [0.717, 1.165) is 23.8 Å². The topological polar surface area (TPSA) is 55.2 Å². The molecule has 104 valence electrons. The maximum Gasteiger partial charge on any atom is 0.292 e. The molecule has 0 aromatic heterocycles. The van der Waals surface area contributed by atoms with Crippen LogP contribution < -0.4 is 5.32 Å². The molecule has 0 heterocycles. The molecular formula is C14H12ClFN2O2. The zero-order valence-electron chi connectivity index (χ0n) is 10.5. The number of nitro groups is 1. The maximum atomic E-state index is 13.1. The highest BCUT2D eigenvalue weighted by atomic mass is 35.5. The molecule has 2 aromatic rings. The summed E-state index contributed by atoms with van der Waals surface area (Å²) in [6.45, 7) is 0.449. The third-order valence-electron chi connectivity index (χ3n) is 2.77. The molecule has 2 rings (SSSR count). The monoisotopic (exact) mass is 294 g/mol. The average Bonchev–Trinajstić information content (AvgIpc) is 2.38. The molecule has 0 aliphatic rings. The van der Waals surface area contributed by atoms with E-state index in [0.29, 0.717) is 18.0 Å². The number of rotatable bonds is 5. The lowest BCUT2D eigenvalue weighted by Crippen LogP contribution is -2.07. The van der Waals surface area contributed by atoms with Gasteiger partial charge in [-0.3, -0.25) is 10.1 Å². The quantitative estimate of drug-likeness (QED) is 0.669. The highest BCUT2D eigenvalue weighted by Crippen LogP contribution is 2.24. The largest absolute Gasteiger partial charge is 0.379 e. The van der Waals surface area contributed by atoms with Crippen LogP contribution in [0.2, 0.25) is 5.02 Å². The normalized spacial score (nSPS) is 10.3. The summed E-state index contributed by atoms with van der Waals surface area (Å²) < 4.78 is 13.1. The van der Waals surface area contributed by atoms with Gasteiger partial charge in [-0.25, -0.2) is 4.39 Å². The number of nitrogens with one attached hydrogen (secondary N) is 1. The van der Waals surface area contributed by atoms with Gasteiger partial charge < -0.3 is 5.32 Å². The van der Waals surface area contributed by atoms with E-state index in [4.69, 9.17) is 11.6 Å². The summed E-state index contributed by atoms with van der Waals surface area (Å²) in [5.41, 5.74) is 1.04. The van der Waals surface area contributed by atoms with Crippen molar-refractivity contribution in [3.8, 4) is 0 Å². The summed E-state index contributed by atoms with van der Waals surface area (Å²) >= 11 is 5.87. The molecule has 20 heavy (non-hydrogen) atoms. The molecule has 1 N–H and O–H groups in total. The third-order valence-corrected chi connectivity index (χ3v) is 3.01. The van der Waals surface area contributed by atoms with E-state index in [9.17, 15) is 14.5 Å². The first-order valence-electron chi connectivity index (χ1n) is 5.98. The van der Waals surface area contributed by atoms with Crippen LogP contribution in [0.4, 0.5) is 15.8 Å². The minimum atomic E-state index is -0.541. The Morgan fingerprint density at radius 1 is 1.25 bits per heavy atom. The van der Waals surface area contributed by atoms with Gasteiger partial charge in [0.25, 0.3) is 5.69 Å². The predicted octanol–water partition coefficient (Wildman–Crippen LogP) is 4.04. The molecule has 0 fully saturated rings. The number of nitro benzene ring substituents is 1. The van der Waals surface area contributed by atoms with Crippen LogP contribution in [0.15, 0.2) is 42.5 Å². The molecule has 4 nitrogen and oxygen atoms in total. The Kier molecular flexibility index (Phi) is 4.53. The van der Waals surface area contributed by atoms with Gasteiger partial charge in [0.05, 0.1) is 4.92 Å². The molecule has 0 radical (unpaired) electrons. The minimum absolute atomic E-state index is 0.141. The van der Waals surface area contributed by atoms with Crippen molar-refractivity contribution in [1.29, 1.82) is 0 Å². The van der Waals surface area contributed by atoms with Crippen LogP contribution in [-0.2, 0) is 6.42 Å². The van der Waals surface area contributed by atoms with Crippen molar-refractivity contribution in [3.63, 3.8) is 0 Å². The van der Waals surface area contributed by atoms with Crippen molar-refractivity contribution < 1.29 is 9.31 Å². The minimum Gasteiger partial charge on any atom is -0.379 e. The molecular weight excluding hydrogens is 283 g/mol. The first-order chi connectivity index (χ1) is 9.56. The summed E-state index contributed by atoms with van der Waals surface area (Å²) in [5.74, 6) is -0.513. The molecule has 0 bridgehead atoms. The molecule has 0 atom stereocenters. The average molecular weight is 295 g/mol. The Balaban J connectivity index is 2.04. The number of halogens is 2. The van der Waals surface area contributed by atoms with Crippen LogP contribution in [0.5, 0.6) is 0 Å². The van der Waals surface area contributed by atoms with Gasteiger partial charge in [-0.2, -0.15) is 0 Å². The van der Waals surface area contributed by atoms with Crippen molar-refractivity contribution in [2.24, 2.45) is 0 Å². The zero-order valence-corrected chi connectivity index (χ0v) is 11.2. The van der Waals surface area contributed by atoms with Gasteiger partial charge in [0.1, 0.15) is 11.5 Å². The number of anilines is 1. The van der Waals surface area contributed by atoms with Gasteiger partial charge >= 0.3 is 0 Å². The van der Waals surface area contributed by atoms with E-state index in [-0.39, 0.29) is 11.4 Å². The van der Waals surface area contributed by atoms with Crippen molar-refractivity contribution in [2.75, 3.05) is 11.9 Å². The number of hydrogen-bond donors (Lipinski definition) is 1. The van der Waals surface area contributed by atoms with Crippen LogP contribution in [0.3, 0.4) is 0 Å². The fourth-order valence-corrected chi connectivity index (χ4v) is 2.06. The second-order valence-corrected chi connectivity index (χ2v) is 4.66. The number of benzene rings is 2. The molecule has 2 aromatic carbocycles. The van der Waals surface area contributed by atoms with Gasteiger partial charge in [-0.15, -0.1) is 0 Å². The van der Waals surface area contributed by atoms with Crippen LogP contribution in [0, 0.1) is 15.9 Å². The highest BCUT2D eigenvalue weighted by molar-refractivity contribution is 6.30. The number of hydrogen-bond acceptors (Lipinski definition) is 3. The smallest absolute Gasteiger partial charge is 0.292 e. The van der Waals surface area contributed by atoms with Crippen molar-refractivity contribution >= 4 is 23.0 Å². The molecule has 0 amide bonds. The van der Waals surface area contributed by atoms with Crippen LogP contribution in [0.25, 0.3) is 0 Å². The summed E-state index contributed by atoms with van der Waals surface area (Å²) in [4.78, 5) is 10.3. The van der Waals surface area contributed by atoms with Gasteiger partial charge in [0, 0.05) is 23.7 Å². The molecule has 0 spiro atoms.